The summed E-state index contributed by atoms with van der Waals surface area (Å²) < 4.78 is 0. The minimum Gasteiger partial charge on any atom is -0.383 e. The van der Waals surface area contributed by atoms with E-state index in [1.165, 1.54) is 5.69 Å². The molecule has 0 aromatic heterocycles. The fourth-order valence-electron chi connectivity index (χ4n) is 2.78. The maximum Gasteiger partial charge on any atom is 0.249 e. The highest BCUT2D eigenvalue weighted by Gasteiger charge is 2.17. The Labute approximate surface area is 124 Å². The SMILES string of the molecule is NC(=O)c1ccccc1CN1CCCNc2ccccc21. The van der Waals surface area contributed by atoms with Crippen LogP contribution in [0.2, 0.25) is 0 Å². The van der Waals surface area contributed by atoms with Gasteiger partial charge in [0.2, 0.25) is 5.91 Å². The first-order valence-corrected chi connectivity index (χ1v) is 7.21. The predicted molar refractivity (Wildman–Crippen MR) is 85.6 cm³/mol. The van der Waals surface area contributed by atoms with Crippen molar-refractivity contribution in [2.24, 2.45) is 5.73 Å². The van der Waals surface area contributed by atoms with Crippen molar-refractivity contribution in [2.75, 3.05) is 23.3 Å². The molecule has 0 bridgehead atoms. The van der Waals surface area contributed by atoms with Gasteiger partial charge in [0.1, 0.15) is 0 Å². The van der Waals surface area contributed by atoms with Crippen LogP contribution in [-0.2, 0) is 6.54 Å². The second kappa shape index (κ2) is 5.87. The van der Waals surface area contributed by atoms with Crippen LogP contribution in [0.4, 0.5) is 11.4 Å². The highest BCUT2D eigenvalue weighted by molar-refractivity contribution is 5.94. The van der Waals surface area contributed by atoms with Crippen molar-refractivity contribution < 1.29 is 4.79 Å². The summed E-state index contributed by atoms with van der Waals surface area (Å²) in [4.78, 5) is 13.9. The number of nitrogens with zero attached hydrogens (tertiary/aromatic N) is 1. The molecule has 3 rings (SSSR count). The summed E-state index contributed by atoms with van der Waals surface area (Å²) in [5.74, 6) is -0.369. The Morgan fingerprint density at radius 2 is 1.90 bits per heavy atom. The number of fused-ring (bicyclic) bond motifs is 1. The lowest BCUT2D eigenvalue weighted by atomic mass is 10.1. The molecule has 4 nitrogen and oxygen atoms in total. The van der Waals surface area contributed by atoms with Crippen molar-refractivity contribution in [1.82, 2.24) is 0 Å². The average molecular weight is 281 g/mol. The number of anilines is 2. The van der Waals surface area contributed by atoms with Crippen LogP contribution in [0, 0.1) is 0 Å². The third-order valence-electron chi connectivity index (χ3n) is 3.81. The van der Waals surface area contributed by atoms with E-state index in [0.29, 0.717) is 12.1 Å². The minimum absolute atomic E-state index is 0.369. The summed E-state index contributed by atoms with van der Waals surface area (Å²) in [6.07, 6.45) is 1.06. The van der Waals surface area contributed by atoms with E-state index in [4.69, 9.17) is 5.73 Å². The molecule has 2 aromatic rings. The number of hydrogen-bond acceptors (Lipinski definition) is 3. The molecule has 0 saturated heterocycles. The van der Waals surface area contributed by atoms with Gasteiger partial charge in [-0.05, 0) is 30.2 Å². The maximum atomic E-state index is 11.6. The average Bonchev–Trinajstić information content (AvgIpc) is 2.70. The van der Waals surface area contributed by atoms with Crippen LogP contribution in [-0.4, -0.2) is 19.0 Å². The Kier molecular flexibility index (Phi) is 3.77. The number of hydrogen-bond donors (Lipinski definition) is 2. The van der Waals surface area contributed by atoms with Gasteiger partial charge in [-0.3, -0.25) is 4.79 Å². The van der Waals surface area contributed by atoms with Gasteiger partial charge >= 0.3 is 0 Å². The normalized spacial score (nSPS) is 14.0. The predicted octanol–water partition coefficient (Wildman–Crippen LogP) is 2.61. The fraction of sp³-hybridized carbons (Fsp3) is 0.235. The summed E-state index contributed by atoms with van der Waals surface area (Å²) in [7, 11) is 0. The van der Waals surface area contributed by atoms with E-state index in [2.05, 4.69) is 22.3 Å². The van der Waals surface area contributed by atoms with Gasteiger partial charge in [-0.1, -0.05) is 30.3 Å². The van der Waals surface area contributed by atoms with Crippen LogP contribution in [0.5, 0.6) is 0 Å². The Balaban J connectivity index is 1.93. The highest BCUT2D eigenvalue weighted by Crippen LogP contribution is 2.29. The molecule has 1 amide bonds. The standard InChI is InChI=1S/C17H19N3O/c18-17(21)14-7-2-1-6-13(14)12-20-11-5-10-19-15-8-3-4-9-16(15)20/h1-4,6-9,19H,5,10-12H2,(H2,18,21). The van der Waals surface area contributed by atoms with E-state index >= 15 is 0 Å². The van der Waals surface area contributed by atoms with Crippen molar-refractivity contribution in [1.29, 1.82) is 0 Å². The van der Waals surface area contributed by atoms with Crippen molar-refractivity contribution in [2.45, 2.75) is 13.0 Å². The molecule has 108 valence electrons. The lowest BCUT2D eigenvalue weighted by molar-refractivity contribution is 0.0999. The van der Waals surface area contributed by atoms with E-state index in [0.717, 1.165) is 30.8 Å². The van der Waals surface area contributed by atoms with Crippen molar-refractivity contribution in [3.8, 4) is 0 Å². The number of rotatable bonds is 3. The van der Waals surface area contributed by atoms with Gasteiger partial charge < -0.3 is 16.0 Å². The highest BCUT2D eigenvalue weighted by atomic mass is 16.1. The quantitative estimate of drug-likeness (QED) is 0.909. The third kappa shape index (κ3) is 2.84. The molecule has 0 fully saturated rings. The van der Waals surface area contributed by atoms with E-state index in [1.807, 2.05) is 30.3 Å². The van der Waals surface area contributed by atoms with E-state index in [1.54, 1.807) is 6.07 Å². The molecule has 1 aliphatic heterocycles. The molecule has 0 aliphatic carbocycles. The lowest BCUT2D eigenvalue weighted by Crippen LogP contribution is -2.25. The molecule has 21 heavy (non-hydrogen) atoms. The number of amides is 1. The van der Waals surface area contributed by atoms with E-state index in [9.17, 15) is 4.79 Å². The van der Waals surface area contributed by atoms with Gasteiger partial charge in [0, 0.05) is 25.2 Å². The van der Waals surface area contributed by atoms with Crippen LogP contribution in [0.15, 0.2) is 48.5 Å². The molecule has 3 N–H and O–H groups in total. The fourth-order valence-corrected chi connectivity index (χ4v) is 2.78. The summed E-state index contributed by atoms with van der Waals surface area (Å²) in [5, 5.41) is 3.44. The number of para-hydroxylation sites is 2. The molecule has 1 heterocycles. The molecule has 1 aliphatic rings. The lowest BCUT2D eigenvalue weighted by Gasteiger charge is -2.25. The Morgan fingerprint density at radius 3 is 2.76 bits per heavy atom. The van der Waals surface area contributed by atoms with Gasteiger partial charge in [-0.15, -0.1) is 0 Å². The zero-order chi connectivity index (χ0) is 14.7. The number of nitrogens with two attached hydrogens (primary N) is 1. The third-order valence-corrected chi connectivity index (χ3v) is 3.81. The molecule has 2 aromatic carbocycles. The van der Waals surface area contributed by atoms with Gasteiger partial charge in [-0.25, -0.2) is 0 Å². The van der Waals surface area contributed by atoms with Gasteiger partial charge in [-0.2, -0.15) is 0 Å². The zero-order valence-corrected chi connectivity index (χ0v) is 11.9. The summed E-state index contributed by atoms with van der Waals surface area (Å²) in [6, 6.07) is 15.8. The first kappa shape index (κ1) is 13.5. The second-order valence-electron chi connectivity index (χ2n) is 5.24. The van der Waals surface area contributed by atoms with Crippen molar-refractivity contribution in [3.05, 3.63) is 59.7 Å². The molecular formula is C17H19N3O. The van der Waals surface area contributed by atoms with Crippen LogP contribution < -0.4 is 16.0 Å². The number of benzene rings is 2. The molecule has 0 saturated carbocycles. The molecule has 0 radical (unpaired) electrons. The zero-order valence-electron chi connectivity index (χ0n) is 11.9. The first-order valence-electron chi connectivity index (χ1n) is 7.21. The van der Waals surface area contributed by atoms with Crippen LogP contribution in [0.3, 0.4) is 0 Å². The minimum atomic E-state index is -0.369. The van der Waals surface area contributed by atoms with Gasteiger partial charge in [0.25, 0.3) is 0 Å². The molecule has 0 unspecified atom stereocenters. The number of nitrogens with one attached hydrogen (secondary N) is 1. The topological polar surface area (TPSA) is 58.4 Å². The number of carbonyl (C=O) groups is 1. The first-order chi connectivity index (χ1) is 10.3. The van der Waals surface area contributed by atoms with Crippen molar-refractivity contribution in [3.63, 3.8) is 0 Å². The number of primary amides is 1. The molecule has 0 atom stereocenters. The maximum absolute atomic E-state index is 11.6. The molecular weight excluding hydrogens is 262 g/mol. The molecule has 4 heteroatoms. The van der Waals surface area contributed by atoms with E-state index < -0.39 is 0 Å². The monoisotopic (exact) mass is 281 g/mol. The summed E-state index contributed by atoms with van der Waals surface area (Å²) in [5.41, 5.74) is 9.37. The summed E-state index contributed by atoms with van der Waals surface area (Å²) >= 11 is 0. The van der Waals surface area contributed by atoms with Crippen LogP contribution in [0.25, 0.3) is 0 Å². The van der Waals surface area contributed by atoms with Crippen LogP contribution in [0.1, 0.15) is 22.3 Å². The Hall–Kier alpha value is -2.49. The Morgan fingerprint density at radius 1 is 1.14 bits per heavy atom. The van der Waals surface area contributed by atoms with Gasteiger partial charge in [0.05, 0.1) is 11.4 Å². The number of carbonyl (C=O) groups excluding carboxylic acids is 1. The largest absolute Gasteiger partial charge is 0.383 e. The summed E-state index contributed by atoms with van der Waals surface area (Å²) in [6.45, 7) is 2.61. The van der Waals surface area contributed by atoms with Crippen molar-refractivity contribution >= 4 is 17.3 Å². The second-order valence-corrected chi connectivity index (χ2v) is 5.24. The smallest absolute Gasteiger partial charge is 0.249 e. The van der Waals surface area contributed by atoms with Crippen LogP contribution >= 0.6 is 0 Å². The van der Waals surface area contributed by atoms with Gasteiger partial charge in [0.15, 0.2) is 0 Å². The molecule has 0 spiro atoms. The Bertz CT molecular complexity index is 654. The van der Waals surface area contributed by atoms with E-state index in [-0.39, 0.29) is 5.91 Å².